The normalized spacial score (nSPS) is 10.7. The van der Waals surface area contributed by atoms with Crippen molar-refractivity contribution in [1.82, 2.24) is 0 Å². The van der Waals surface area contributed by atoms with Crippen LogP contribution in [0.25, 0.3) is 6.08 Å². The summed E-state index contributed by atoms with van der Waals surface area (Å²) in [5, 5.41) is 0. The van der Waals surface area contributed by atoms with Gasteiger partial charge in [0.2, 0.25) is 0 Å². The summed E-state index contributed by atoms with van der Waals surface area (Å²) in [5.41, 5.74) is 2.31. The van der Waals surface area contributed by atoms with Crippen molar-refractivity contribution >= 4 is 6.08 Å². The van der Waals surface area contributed by atoms with Gasteiger partial charge < -0.3 is 9.47 Å². The van der Waals surface area contributed by atoms with Crippen LogP contribution >= 0.6 is 0 Å². The highest BCUT2D eigenvalue weighted by atomic mass is 16.5. The quantitative estimate of drug-likeness (QED) is 0.657. The van der Waals surface area contributed by atoms with E-state index in [1.165, 1.54) is 5.56 Å². The summed E-state index contributed by atoms with van der Waals surface area (Å²) in [6, 6.07) is 8.19. The maximum atomic E-state index is 5.49. The molecule has 2 heteroatoms. The Morgan fingerprint density at radius 1 is 1.19 bits per heavy atom. The van der Waals surface area contributed by atoms with Crippen molar-refractivity contribution in [3.63, 3.8) is 0 Å². The molecule has 1 rings (SSSR count). The predicted molar refractivity (Wildman–Crippen MR) is 67.3 cm³/mol. The average Bonchev–Trinajstić information content (AvgIpc) is 2.29. The second-order valence-electron chi connectivity index (χ2n) is 3.92. The molecule has 0 spiro atoms. The third-order valence-electron chi connectivity index (χ3n) is 2.16. The average molecular weight is 220 g/mol. The van der Waals surface area contributed by atoms with Crippen molar-refractivity contribution in [2.45, 2.75) is 26.6 Å². The molecule has 0 fully saturated rings. The molecule has 0 saturated heterocycles. The molecule has 1 aromatic carbocycles. The molecule has 0 N–H and O–H groups in total. The Kier molecular flexibility index (Phi) is 5.83. The first kappa shape index (κ1) is 12.9. The number of hydrogen-bond acceptors (Lipinski definition) is 2. The Morgan fingerprint density at radius 3 is 2.44 bits per heavy atom. The Balaban J connectivity index is 2.19. The van der Waals surface area contributed by atoms with Crippen LogP contribution in [0.15, 0.2) is 30.8 Å². The Hall–Kier alpha value is -1.12. The zero-order valence-corrected chi connectivity index (χ0v) is 10.1. The molecule has 0 aromatic heterocycles. The van der Waals surface area contributed by atoms with Gasteiger partial charge in [-0.25, -0.2) is 0 Å². The monoisotopic (exact) mass is 220 g/mol. The number of rotatable bonds is 7. The van der Waals surface area contributed by atoms with Crippen LogP contribution in [0, 0.1) is 0 Å². The number of hydrogen-bond donors (Lipinski definition) is 0. The first-order chi connectivity index (χ1) is 7.72. The summed E-state index contributed by atoms with van der Waals surface area (Å²) in [6.07, 6.45) is 2.11. The van der Waals surface area contributed by atoms with Gasteiger partial charge in [0.25, 0.3) is 0 Å². The zero-order chi connectivity index (χ0) is 11.8. The van der Waals surface area contributed by atoms with Gasteiger partial charge in [0.1, 0.15) is 0 Å². The van der Waals surface area contributed by atoms with Gasteiger partial charge in [-0.15, -0.1) is 0 Å². The maximum absolute atomic E-state index is 5.49. The molecule has 0 aliphatic heterocycles. The first-order valence-corrected chi connectivity index (χ1v) is 5.63. The van der Waals surface area contributed by atoms with Gasteiger partial charge in [-0.05, 0) is 25.0 Å². The minimum Gasteiger partial charge on any atom is -0.376 e. The molecule has 2 nitrogen and oxygen atoms in total. The molecule has 16 heavy (non-hydrogen) atoms. The van der Waals surface area contributed by atoms with E-state index in [4.69, 9.17) is 9.47 Å². The lowest BCUT2D eigenvalue weighted by Gasteiger charge is -2.08. The molecule has 0 heterocycles. The lowest BCUT2D eigenvalue weighted by atomic mass is 10.1. The van der Waals surface area contributed by atoms with E-state index in [0.717, 1.165) is 5.56 Å². The summed E-state index contributed by atoms with van der Waals surface area (Å²) in [4.78, 5) is 0. The van der Waals surface area contributed by atoms with Gasteiger partial charge in [-0.2, -0.15) is 0 Å². The van der Waals surface area contributed by atoms with Gasteiger partial charge in [0, 0.05) is 0 Å². The minimum atomic E-state index is 0.274. The Labute approximate surface area is 97.9 Å². The van der Waals surface area contributed by atoms with Crippen molar-refractivity contribution in [3.8, 4) is 0 Å². The molecule has 0 saturated carbocycles. The summed E-state index contributed by atoms with van der Waals surface area (Å²) < 4.78 is 10.9. The van der Waals surface area contributed by atoms with Crippen LogP contribution < -0.4 is 0 Å². The molecule has 0 aliphatic carbocycles. The van der Waals surface area contributed by atoms with Crippen molar-refractivity contribution in [2.75, 3.05) is 13.2 Å². The Bertz CT molecular complexity index is 301. The van der Waals surface area contributed by atoms with Crippen LogP contribution in [0.2, 0.25) is 0 Å². The van der Waals surface area contributed by atoms with Crippen LogP contribution in [0.4, 0.5) is 0 Å². The van der Waals surface area contributed by atoms with Gasteiger partial charge >= 0.3 is 0 Å². The summed E-state index contributed by atoms with van der Waals surface area (Å²) in [7, 11) is 0. The van der Waals surface area contributed by atoms with E-state index in [0.29, 0.717) is 19.8 Å². The lowest BCUT2D eigenvalue weighted by Crippen LogP contribution is -2.09. The fourth-order valence-electron chi connectivity index (χ4n) is 1.28. The largest absolute Gasteiger partial charge is 0.376 e. The SMILES string of the molecule is C=Cc1ccc(COCCOC(C)C)cc1. The predicted octanol–water partition coefficient (Wildman–Crippen LogP) is 3.27. The highest BCUT2D eigenvalue weighted by Gasteiger charge is 1.95. The van der Waals surface area contributed by atoms with Crippen LogP contribution in [-0.4, -0.2) is 19.3 Å². The highest BCUT2D eigenvalue weighted by molar-refractivity contribution is 5.47. The highest BCUT2D eigenvalue weighted by Crippen LogP contribution is 2.06. The first-order valence-electron chi connectivity index (χ1n) is 5.63. The number of benzene rings is 1. The van der Waals surface area contributed by atoms with Crippen molar-refractivity contribution < 1.29 is 9.47 Å². The van der Waals surface area contributed by atoms with E-state index in [9.17, 15) is 0 Å². The summed E-state index contributed by atoms with van der Waals surface area (Å²) >= 11 is 0. The van der Waals surface area contributed by atoms with E-state index in [-0.39, 0.29) is 6.10 Å². The lowest BCUT2D eigenvalue weighted by molar-refractivity contribution is 0.0143. The molecule has 0 atom stereocenters. The molecule has 0 unspecified atom stereocenters. The van der Waals surface area contributed by atoms with Crippen LogP contribution in [0.1, 0.15) is 25.0 Å². The van der Waals surface area contributed by atoms with Gasteiger partial charge in [-0.3, -0.25) is 0 Å². The molecular weight excluding hydrogens is 200 g/mol. The third kappa shape index (κ3) is 5.10. The second kappa shape index (κ2) is 7.20. The molecule has 1 aromatic rings. The molecule has 0 bridgehead atoms. The van der Waals surface area contributed by atoms with E-state index >= 15 is 0 Å². The van der Waals surface area contributed by atoms with Gasteiger partial charge in [0.15, 0.2) is 0 Å². The van der Waals surface area contributed by atoms with Crippen LogP contribution in [0.3, 0.4) is 0 Å². The van der Waals surface area contributed by atoms with Gasteiger partial charge in [-0.1, -0.05) is 36.9 Å². The standard InChI is InChI=1S/C14H20O2/c1-4-13-5-7-14(8-6-13)11-15-9-10-16-12(2)3/h4-8,12H,1,9-11H2,2-3H3. The topological polar surface area (TPSA) is 18.5 Å². The van der Waals surface area contributed by atoms with Crippen molar-refractivity contribution in [2.24, 2.45) is 0 Å². The zero-order valence-electron chi connectivity index (χ0n) is 10.1. The minimum absolute atomic E-state index is 0.274. The third-order valence-corrected chi connectivity index (χ3v) is 2.16. The smallest absolute Gasteiger partial charge is 0.0718 e. The molecule has 0 radical (unpaired) electrons. The van der Waals surface area contributed by atoms with E-state index in [1.807, 2.05) is 32.1 Å². The summed E-state index contributed by atoms with van der Waals surface area (Å²) in [5.74, 6) is 0. The molecule has 88 valence electrons. The van der Waals surface area contributed by atoms with Crippen LogP contribution in [0.5, 0.6) is 0 Å². The molecular formula is C14H20O2. The fourth-order valence-corrected chi connectivity index (χ4v) is 1.28. The molecule has 0 amide bonds. The molecule has 0 aliphatic rings. The van der Waals surface area contributed by atoms with Crippen molar-refractivity contribution in [1.29, 1.82) is 0 Å². The van der Waals surface area contributed by atoms with Gasteiger partial charge in [0.05, 0.1) is 25.9 Å². The second-order valence-corrected chi connectivity index (χ2v) is 3.92. The maximum Gasteiger partial charge on any atom is 0.0718 e. The van der Waals surface area contributed by atoms with E-state index in [2.05, 4.69) is 18.7 Å². The van der Waals surface area contributed by atoms with Crippen LogP contribution in [-0.2, 0) is 16.1 Å². The van der Waals surface area contributed by atoms with Crippen molar-refractivity contribution in [3.05, 3.63) is 42.0 Å². The Morgan fingerprint density at radius 2 is 1.88 bits per heavy atom. The number of ether oxygens (including phenoxy) is 2. The van der Waals surface area contributed by atoms with E-state index < -0.39 is 0 Å². The summed E-state index contributed by atoms with van der Waals surface area (Å²) in [6.45, 7) is 9.69. The fraction of sp³-hybridized carbons (Fsp3) is 0.429. The van der Waals surface area contributed by atoms with E-state index in [1.54, 1.807) is 0 Å².